The number of sulfonamides is 1. The topological polar surface area (TPSA) is 72.2 Å². The summed E-state index contributed by atoms with van der Waals surface area (Å²) < 4.78 is 40.0. The third-order valence-corrected chi connectivity index (χ3v) is 5.15. The van der Waals surface area contributed by atoms with Crippen molar-refractivity contribution in [2.45, 2.75) is 37.1 Å². The third kappa shape index (κ3) is 3.52. The fourth-order valence-electron chi connectivity index (χ4n) is 2.20. The zero-order valence-electron chi connectivity index (χ0n) is 10.7. The smallest absolute Gasteiger partial charge is 0.240 e. The van der Waals surface area contributed by atoms with E-state index in [4.69, 9.17) is 5.73 Å². The van der Waals surface area contributed by atoms with E-state index in [1.807, 2.05) is 0 Å². The first-order valence-corrected chi connectivity index (χ1v) is 7.99. The Bertz CT molecular complexity index is 542. The van der Waals surface area contributed by atoms with Gasteiger partial charge in [-0.2, -0.15) is 0 Å². The molecular formula is C13H19FN2O2S. The minimum atomic E-state index is -3.68. The molecule has 1 fully saturated rings. The molecule has 1 aromatic carbocycles. The summed E-state index contributed by atoms with van der Waals surface area (Å²) in [5, 5.41) is 0. The summed E-state index contributed by atoms with van der Waals surface area (Å²) in [4.78, 5) is -0.0522. The molecule has 0 heterocycles. The summed E-state index contributed by atoms with van der Waals surface area (Å²) in [7, 11) is -3.68. The second kappa shape index (κ2) is 5.98. The Labute approximate surface area is 113 Å². The predicted molar refractivity (Wildman–Crippen MR) is 71.4 cm³/mol. The summed E-state index contributed by atoms with van der Waals surface area (Å²) in [5.41, 5.74) is 5.92. The summed E-state index contributed by atoms with van der Waals surface area (Å²) >= 11 is 0. The van der Waals surface area contributed by atoms with Crippen LogP contribution in [0.2, 0.25) is 0 Å². The van der Waals surface area contributed by atoms with E-state index in [0.717, 1.165) is 12.5 Å². The molecule has 0 spiro atoms. The van der Waals surface area contributed by atoms with Crippen LogP contribution < -0.4 is 10.5 Å². The van der Waals surface area contributed by atoms with Crippen molar-refractivity contribution < 1.29 is 12.8 Å². The minimum Gasteiger partial charge on any atom is -0.326 e. The van der Waals surface area contributed by atoms with E-state index in [1.54, 1.807) is 0 Å². The van der Waals surface area contributed by atoms with Crippen molar-refractivity contribution in [3.63, 3.8) is 0 Å². The van der Waals surface area contributed by atoms with Crippen molar-refractivity contribution in [2.24, 2.45) is 11.7 Å². The van der Waals surface area contributed by atoms with Gasteiger partial charge in [-0.1, -0.05) is 25.3 Å². The van der Waals surface area contributed by atoms with E-state index >= 15 is 0 Å². The first-order chi connectivity index (χ1) is 9.03. The number of hydrogen-bond donors (Lipinski definition) is 2. The largest absolute Gasteiger partial charge is 0.326 e. The molecule has 106 valence electrons. The number of benzene rings is 1. The highest BCUT2D eigenvalue weighted by Crippen LogP contribution is 2.29. The highest BCUT2D eigenvalue weighted by Gasteiger charge is 2.21. The lowest BCUT2D eigenvalue weighted by Gasteiger charge is -2.25. The highest BCUT2D eigenvalue weighted by atomic mass is 32.2. The lowest BCUT2D eigenvalue weighted by molar-refractivity contribution is 0.297. The van der Waals surface area contributed by atoms with Crippen LogP contribution in [0.15, 0.2) is 23.1 Å². The zero-order valence-corrected chi connectivity index (χ0v) is 11.5. The number of halogens is 1. The number of nitrogens with two attached hydrogens (primary N) is 1. The molecule has 1 aliphatic carbocycles. The molecule has 2 rings (SSSR count). The van der Waals surface area contributed by atoms with Crippen LogP contribution in [-0.2, 0) is 16.6 Å². The lowest BCUT2D eigenvalue weighted by atomic mass is 9.83. The minimum absolute atomic E-state index is 0.0522. The molecule has 1 saturated carbocycles. The Morgan fingerprint density at radius 1 is 1.37 bits per heavy atom. The maximum atomic E-state index is 13.2. The van der Waals surface area contributed by atoms with E-state index < -0.39 is 15.8 Å². The van der Waals surface area contributed by atoms with Crippen LogP contribution in [0, 0.1) is 11.7 Å². The number of hydrogen-bond acceptors (Lipinski definition) is 3. The van der Waals surface area contributed by atoms with E-state index in [2.05, 4.69) is 4.72 Å². The average molecular weight is 286 g/mol. The van der Waals surface area contributed by atoms with Crippen LogP contribution in [0.1, 0.15) is 31.2 Å². The van der Waals surface area contributed by atoms with Gasteiger partial charge in [0.15, 0.2) is 0 Å². The van der Waals surface area contributed by atoms with Crippen molar-refractivity contribution in [1.82, 2.24) is 4.72 Å². The summed E-state index contributed by atoms with van der Waals surface area (Å²) in [6.07, 6.45) is 4.43. The molecule has 3 N–H and O–H groups in total. The van der Waals surface area contributed by atoms with Crippen molar-refractivity contribution in [3.05, 3.63) is 29.6 Å². The maximum absolute atomic E-state index is 13.2. The summed E-state index contributed by atoms with van der Waals surface area (Å²) in [6.45, 7) is 0.465. The first kappa shape index (κ1) is 14.4. The third-order valence-electron chi connectivity index (χ3n) is 3.61. The van der Waals surface area contributed by atoms with Crippen LogP contribution in [0.4, 0.5) is 4.39 Å². The lowest BCUT2D eigenvalue weighted by Crippen LogP contribution is -2.28. The van der Waals surface area contributed by atoms with Gasteiger partial charge < -0.3 is 5.73 Å². The van der Waals surface area contributed by atoms with Gasteiger partial charge >= 0.3 is 0 Å². The monoisotopic (exact) mass is 286 g/mol. The van der Waals surface area contributed by atoms with Crippen LogP contribution in [0.25, 0.3) is 0 Å². The van der Waals surface area contributed by atoms with Crippen LogP contribution in [0.5, 0.6) is 0 Å². The molecular weight excluding hydrogens is 267 g/mol. The molecule has 0 saturated heterocycles. The molecule has 19 heavy (non-hydrogen) atoms. The molecule has 0 aliphatic heterocycles. The van der Waals surface area contributed by atoms with E-state index in [9.17, 15) is 12.8 Å². The molecule has 0 unspecified atom stereocenters. The highest BCUT2D eigenvalue weighted by molar-refractivity contribution is 7.89. The summed E-state index contributed by atoms with van der Waals surface area (Å²) in [6, 6.07) is 3.65. The van der Waals surface area contributed by atoms with Crippen LogP contribution >= 0.6 is 0 Å². The van der Waals surface area contributed by atoms with Gasteiger partial charge in [0, 0.05) is 13.1 Å². The molecule has 6 heteroatoms. The van der Waals surface area contributed by atoms with Crippen molar-refractivity contribution >= 4 is 10.0 Å². The summed E-state index contributed by atoms with van der Waals surface area (Å²) in [5.74, 6) is 0.0563. The maximum Gasteiger partial charge on any atom is 0.240 e. The normalized spacial score (nSPS) is 16.3. The first-order valence-electron chi connectivity index (χ1n) is 6.51. The predicted octanol–water partition coefficient (Wildman–Crippen LogP) is 1.75. The SMILES string of the molecule is NCc1ccc(F)cc1S(=O)(=O)NCCC1CCC1. The van der Waals surface area contributed by atoms with Gasteiger partial charge in [-0.05, 0) is 30.0 Å². The molecule has 0 aromatic heterocycles. The van der Waals surface area contributed by atoms with Gasteiger partial charge in [-0.25, -0.2) is 17.5 Å². The van der Waals surface area contributed by atoms with E-state index in [-0.39, 0.29) is 11.4 Å². The quantitative estimate of drug-likeness (QED) is 0.837. The molecule has 0 bridgehead atoms. The van der Waals surface area contributed by atoms with Gasteiger partial charge in [0.2, 0.25) is 10.0 Å². The van der Waals surface area contributed by atoms with Crippen LogP contribution in [-0.4, -0.2) is 15.0 Å². The Kier molecular flexibility index (Phi) is 4.54. The van der Waals surface area contributed by atoms with Gasteiger partial charge in [0.1, 0.15) is 5.82 Å². The standard InChI is InChI=1S/C13H19FN2O2S/c14-12-5-4-11(9-15)13(8-12)19(17,18)16-7-6-10-2-1-3-10/h4-5,8,10,16H,1-3,6-7,9,15H2. The number of rotatable bonds is 6. The Morgan fingerprint density at radius 2 is 2.11 bits per heavy atom. The average Bonchev–Trinajstić information content (AvgIpc) is 2.32. The Morgan fingerprint density at radius 3 is 2.68 bits per heavy atom. The van der Waals surface area contributed by atoms with Gasteiger partial charge in [0.05, 0.1) is 4.90 Å². The second-order valence-corrected chi connectivity index (χ2v) is 6.67. The van der Waals surface area contributed by atoms with Gasteiger partial charge in [-0.3, -0.25) is 0 Å². The van der Waals surface area contributed by atoms with Crippen LogP contribution in [0.3, 0.4) is 0 Å². The van der Waals surface area contributed by atoms with Crippen molar-refractivity contribution in [1.29, 1.82) is 0 Å². The fourth-order valence-corrected chi connectivity index (χ4v) is 3.51. The van der Waals surface area contributed by atoms with E-state index in [0.29, 0.717) is 18.0 Å². The number of nitrogens with one attached hydrogen (secondary N) is 1. The molecule has 0 radical (unpaired) electrons. The molecule has 4 nitrogen and oxygen atoms in total. The Hall–Kier alpha value is -0.980. The second-order valence-electron chi connectivity index (χ2n) is 4.94. The Balaban J connectivity index is 2.07. The van der Waals surface area contributed by atoms with Gasteiger partial charge in [0.25, 0.3) is 0 Å². The van der Waals surface area contributed by atoms with Crippen molar-refractivity contribution in [3.8, 4) is 0 Å². The molecule has 1 aliphatic rings. The van der Waals surface area contributed by atoms with Crippen molar-refractivity contribution in [2.75, 3.05) is 6.54 Å². The fraction of sp³-hybridized carbons (Fsp3) is 0.538. The molecule has 0 atom stereocenters. The molecule has 1 aromatic rings. The molecule has 0 amide bonds. The van der Waals surface area contributed by atoms with Gasteiger partial charge in [-0.15, -0.1) is 0 Å². The van der Waals surface area contributed by atoms with E-state index in [1.165, 1.54) is 31.4 Å². The zero-order chi connectivity index (χ0) is 13.9.